The maximum Gasteiger partial charge on any atom is 0.390 e. The van der Waals surface area contributed by atoms with Gasteiger partial charge in [0.15, 0.2) is 0 Å². The van der Waals surface area contributed by atoms with Gasteiger partial charge in [-0.15, -0.1) is 0 Å². The predicted octanol–water partition coefficient (Wildman–Crippen LogP) is 2.33. The van der Waals surface area contributed by atoms with Crippen LogP contribution in [0.2, 0.25) is 0 Å². The Morgan fingerprint density at radius 1 is 1.18 bits per heavy atom. The van der Waals surface area contributed by atoms with Crippen LogP contribution < -0.4 is 5.32 Å². The molecule has 0 heterocycles. The lowest BCUT2D eigenvalue weighted by Crippen LogP contribution is -2.35. The van der Waals surface area contributed by atoms with E-state index in [0.717, 1.165) is 0 Å². The highest BCUT2D eigenvalue weighted by Crippen LogP contribution is 2.21. The van der Waals surface area contributed by atoms with Gasteiger partial charge >= 0.3 is 6.18 Å². The maximum atomic E-state index is 11.7. The van der Waals surface area contributed by atoms with Crippen LogP contribution in [-0.4, -0.2) is 18.3 Å². The van der Waals surface area contributed by atoms with Crippen molar-refractivity contribution in [1.82, 2.24) is 5.32 Å². The lowest BCUT2D eigenvalue weighted by atomic mass is 10.2. The highest BCUT2D eigenvalue weighted by atomic mass is 19.4. The van der Waals surface area contributed by atoms with Crippen LogP contribution in [0.5, 0.6) is 0 Å². The Kier molecular flexibility index (Phi) is 3.86. The molecular formula is C7H14F3N. The summed E-state index contributed by atoms with van der Waals surface area (Å²) in [7, 11) is 0. The standard InChI is InChI=1S/C7H14F3N/c1-5(2)11-6(3)4-7(8,9)10/h5-6,11H,4H2,1-3H3. The van der Waals surface area contributed by atoms with E-state index in [4.69, 9.17) is 0 Å². The minimum atomic E-state index is -4.05. The fraction of sp³-hybridized carbons (Fsp3) is 1.00. The van der Waals surface area contributed by atoms with E-state index < -0.39 is 18.6 Å². The summed E-state index contributed by atoms with van der Waals surface area (Å²) in [6.45, 7) is 5.19. The number of halogens is 3. The Bertz CT molecular complexity index is 109. The second-order valence-corrected chi connectivity index (χ2v) is 3.04. The summed E-state index contributed by atoms with van der Waals surface area (Å²) in [6, 6.07) is -0.387. The average molecular weight is 169 g/mol. The van der Waals surface area contributed by atoms with Gasteiger partial charge in [0.2, 0.25) is 0 Å². The summed E-state index contributed by atoms with van der Waals surface area (Å²) in [5.41, 5.74) is 0. The maximum absolute atomic E-state index is 11.7. The summed E-state index contributed by atoms with van der Waals surface area (Å²) >= 11 is 0. The number of hydrogen-bond acceptors (Lipinski definition) is 1. The molecule has 4 heteroatoms. The third-order valence-corrected chi connectivity index (χ3v) is 1.16. The molecular weight excluding hydrogens is 155 g/mol. The normalized spacial score (nSPS) is 15.5. The minimum Gasteiger partial charge on any atom is -0.312 e. The molecule has 0 aliphatic heterocycles. The van der Waals surface area contributed by atoms with Gasteiger partial charge in [-0.25, -0.2) is 0 Å². The topological polar surface area (TPSA) is 12.0 Å². The van der Waals surface area contributed by atoms with Crippen molar-refractivity contribution in [3.8, 4) is 0 Å². The molecule has 0 aliphatic carbocycles. The van der Waals surface area contributed by atoms with Crippen molar-refractivity contribution < 1.29 is 13.2 Å². The first-order valence-corrected chi connectivity index (χ1v) is 3.64. The van der Waals surface area contributed by atoms with Gasteiger partial charge in [0.1, 0.15) is 0 Å². The molecule has 0 radical (unpaired) electrons. The van der Waals surface area contributed by atoms with Crippen molar-refractivity contribution in [2.45, 2.75) is 45.5 Å². The van der Waals surface area contributed by atoms with Gasteiger partial charge in [0.25, 0.3) is 0 Å². The SMILES string of the molecule is CC(C)NC(C)CC(F)(F)F. The fourth-order valence-electron chi connectivity index (χ4n) is 0.975. The van der Waals surface area contributed by atoms with E-state index in [1.54, 1.807) is 0 Å². The highest BCUT2D eigenvalue weighted by Gasteiger charge is 2.29. The fourth-order valence-corrected chi connectivity index (χ4v) is 0.975. The zero-order valence-corrected chi connectivity index (χ0v) is 7.00. The van der Waals surface area contributed by atoms with E-state index in [1.807, 2.05) is 13.8 Å². The molecule has 0 amide bonds. The molecule has 1 nitrogen and oxygen atoms in total. The third-order valence-electron chi connectivity index (χ3n) is 1.16. The highest BCUT2D eigenvalue weighted by molar-refractivity contribution is 4.67. The van der Waals surface area contributed by atoms with Crippen molar-refractivity contribution in [2.24, 2.45) is 0 Å². The van der Waals surface area contributed by atoms with Crippen molar-refractivity contribution >= 4 is 0 Å². The summed E-state index contributed by atoms with van der Waals surface area (Å²) in [5, 5.41) is 2.78. The largest absolute Gasteiger partial charge is 0.390 e. The molecule has 0 rings (SSSR count). The summed E-state index contributed by atoms with van der Waals surface area (Å²) in [6.07, 6.45) is -4.81. The smallest absolute Gasteiger partial charge is 0.312 e. The molecule has 11 heavy (non-hydrogen) atoms. The number of hydrogen-bond donors (Lipinski definition) is 1. The van der Waals surface area contributed by atoms with Gasteiger partial charge in [0, 0.05) is 12.1 Å². The Hall–Kier alpha value is -0.250. The van der Waals surface area contributed by atoms with Gasteiger partial charge in [-0.05, 0) is 6.92 Å². The number of rotatable bonds is 3. The molecule has 68 valence electrons. The van der Waals surface area contributed by atoms with E-state index in [9.17, 15) is 13.2 Å². The van der Waals surface area contributed by atoms with E-state index in [1.165, 1.54) is 6.92 Å². The summed E-state index contributed by atoms with van der Waals surface area (Å²) in [5.74, 6) is 0. The van der Waals surface area contributed by atoms with Gasteiger partial charge in [-0.2, -0.15) is 13.2 Å². The van der Waals surface area contributed by atoms with Gasteiger partial charge in [-0.1, -0.05) is 13.8 Å². The number of nitrogens with one attached hydrogen (secondary N) is 1. The van der Waals surface area contributed by atoms with Gasteiger partial charge in [0.05, 0.1) is 6.42 Å². The molecule has 0 aromatic heterocycles. The Morgan fingerprint density at radius 2 is 1.64 bits per heavy atom. The van der Waals surface area contributed by atoms with Crippen molar-refractivity contribution in [1.29, 1.82) is 0 Å². The first-order valence-electron chi connectivity index (χ1n) is 3.64. The zero-order chi connectivity index (χ0) is 9.07. The van der Waals surface area contributed by atoms with Crippen LogP contribution in [0.3, 0.4) is 0 Å². The third kappa shape index (κ3) is 7.65. The predicted molar refractivity (Wildman–Crippen MR) is 38.4 cm³/mol. The Labute approximate surface area is 65.0 Å². The molecule has 0 saturated heterocycles. The average Bonchev–Trinajstić information content (AvgIpc) is 1.53. The van der Waals surface area contributed by atoms with Crippen LogP contribution in [0.25, 0.3) is 0 Å². The number of alkyl halides is 3. The molecule has 0 aromatic carbocycles. The lowest BCUT2D eigenvalue weighted by molar-refractivity contribution is -0.139. The molecule has 0 saturated carbocycles. The molecule has 0 fully saturated rings. The van der Waals surface area contributed by atoms with E-state index in [2.05, 4.69) is 5.32 Å². The first-order chi connectivity index (χ1) is 4.81. The summed E-state index contributed by atoms with van der Waals surface area (Å²) < 4.78 is 35.1. The second kappa shape index (κ2) is 3.95. The first kappa shape index (κ1) is 10.8. The van der Waals surface area contributed by atoms with E-state index in [0.29, 0.717) is 0 Å². The van der Waals surface area contributed by atoms with Gasteiger partial charge in [-0.3, -0.25) is 0 Å². The molecule has 1 N–H and O–H groups in total. The Morgan fingerprint density at radius 3 is 1.91 bits per heavy atom. The van der Waals surface area contributed by atoms with Crippen LogP contribution in [0.1, 0.15) is 27.2 Å². The Balaban J connectivity index is 3.61. The van der Waals surface area contributed by atoms with Crippen LogP contribution in [0, 0.1) is 0 Å². The molecule has 1 atom stereocenters. The second-order valence-electron chi connectivity index (χ2n) is 3.04. The summed E-state index contributed by atoms with van der Waals surface area (Å²) in [4.78, 5) is 0. The lowest BCUT2D eigenvalue weighted by Gasteiger charge is -2.17. The van der Waals surface area contributed by atoms with Crippen molar-refractivity contribution in [3.05, 3.63) is 0 Å². The quantitative estimate of drug-likeness (QED) is 0.683. The monoisotopic (exact) mass is 169 g/mol. The van der Waals surface area contributed by atoms with Crippen molar-refractivity contribution in [2.75, 3.05) is 0 Å². The van der Waals surface area contributed by atoms with Crippen LogP contribution >= 0.6 is 0 Å². The van der Waals surface area contributed by atoms with Crippen LogP contribution in [0.4, 0.5) is 13.2 Å². The molecule has 0 aliphatic rings. The van der Waals surface area contributed by atoms with Crippen LogP contribution in [-0.2, 0) is 0 Å². The molecule has 1 unspecified atom stereocenters. The molecule has 0 bridgehead atoms. The zero-order valence-electron chi connectivity index (χ0n) is 7.00. The molecule has 0 spiro atoms. The van der Waals surface area contributed by atoms with Gasteiger partial charge < -0.3 is 5.32 Å². The van der Waals surface area contributed by atoms with Crippen LogP contribution in [0.15, 0.2) is 0 Å². The van der Waals surface area contributed by atoms with E-state index in [-0.39, 0.29) is 6.04 Å². The van der Waals surface area contributed by atoms with Crippen molar-refractivity contribution in [3.63, 3.8) is 0 Å². The van der Waals surface area contributed by atoms with E-state index >= 15 is 0 Å². The molecule has 0 aromatic rings. The minimum absolute atomic E-state index is 0.104.